The highest BCUT2D eigenvalue weighted by Gasteiger charge is 2.12. The number of allylic oxidation sites excluding steroid dienone is 1. The molecule has 1 aliphatic carbocycles. The minimum absolute atomic E-state index is 0.0554. The molecule has 0 spiro atoms. The Balaban J connectivity index is 1.35. The Hall–Kier alpha value is -3.93. The van der Waals surface area contributed by atoms with Gasteiger partial charge in [0.15, 0.2) is 0 Å². The fourth-order valence-electron chi connectivity index (χ4n) is 3.50. The lowest BCUT2D eigenvalue weighted by atomic mass is 9.97. The molecule has 1 aliphatic rings. The molecule has 0 bridgehead atoms. The Morgan fingerprint density at radius 2 is 1.94 bits per heavy atom. The van der Waals surface area contributed by atoms with Gasteiger partial charge in [0.2, 0.25) is 5.91 Å². The smallest absolute Gasteiger partial charge is 0.253 e. The van der Waals surface area contributed by atoms with Crippen LogP contribution < -0.4 is 16.0 Å². The standard InChI is InChI=1S/C25H24N4O2/c30-24(29-21-12-11-19-7-1-2-8-20(19)14-21)17-27-23-10-4-3-9-22(23)25(31)28-16-18-6-5-13-26-15-18/h2-6,8-15,27H,1,7,16-17H2,(H,28,31)(H,29,30). The molecule has 0 fully saturated rings. The van der Waals surface area contributed by atoms with Crippen LogP contribution in [0.5, 0.6) is 0 Å². The zero-order chi connectivity index (χ0) is 21.5. The molecule has 3 N–H and O–H groups in total. The van der Waals surface area contributed by atoms with Crippen molar-refractivity contribution >= 4 is 29.3 Å². The number of rotatable bonds is 7. The number of para-hydroxylation sites is 1. The summed E-state index contributed by atoms with van der Waals surface area (Å²) >= 11 is 0. The van der Waals surface area contributed by atoms with E-state index in [9.17, 15) is 9.59 Å². The third kappa shape index (κ3) is 5.36. The first-order valence-corrected chi connectivity index (χ1v) is 10.3. The zero-order valence-electron chi connectivity index (χ0n) is 17.1. The summed E-state index contributed by atoms with van der Waals surface area (Å²) in [5.41, 5.74) is 5.21. The molecule has 0 unspecified atom stereocenters. The van der Waals surface area contributed by atoms with E-state index >= 15 is 0 Å². The number of fused-ring (bicyclic) bond motifs is 1. The number of nitrogens with zero attached hydrogens (tertiary/aromatic N) is 1. The van der Waals surface area contributed by atoms with Gasteiger partial charge in [-0.3, -0.25) is 14.6 Å². The molecule has 1 heterocycles. The number of pyridine rings is 1. The first-order chi connectivity index (χ1) is 15.2. The maximum Gasteiger partial charge on any atom is 0.253 e. The van der Waals surface area contributed by atoms with Crippen LogP contribution in [-0.2, 0) is 17.8 Å². The normalized spacial score (nSPS) is 12.0. The van der Waals surface area contributed by atoms with E-state index in [1.807, 2.05) is 30.3 Å². The number of anilines is 2. The molecule has 3 aromatic rings. The van der Waals surface area contributed by atoms with E-state index in [2.05, 4.69) is 39.2 Å². The SMILES string of the molecule is O=C(CNc1ccccc1C(=O)NCc1cccnc1)Nc1ccc2c(c1)C=CCC2. The molecule has 156 valence electrons. The molecule has 0 saturated carbocycles. The van der Waals surface area contributed by atoms with Crippen LogP contribution in [0.2, 0.25) is 0 Å². The molecule has 4 rings (SSSR count). The number of aryl methyl sites for hydroxylation is 1. The molecule has 0 saturated heterocycles. The highest BCUT2D eigenvalue weighted by Crippen LogP contribution is 2.23. The largest absolute Gasteiger partial charge is 0.376 e. The highest BCUT2D eigenvalue weighted by atomic mass is 16.2. The van der Waals surface area contributed by atoms with Crippen LogP contribution in [-0.4, -0.2) is 23.3 Å². The van der Waals surface area contributed by atoms with Gasteiger partial charge >= 0.3 is 0 Å². The van der Waals surface area contributed by atoms with Crippen LogP contribution in [0, 0.1) is 0 Å². The molecule has 31 heavy (non-hydrogen) atoms. The van der Waals surface area contributed by atoms with Gasteiger partial charge in [0.25, 0.3) is 5.91 Å². The summed E-state index contributed by atoms with van der Waals surface area (Å²) in [7, 11) is 0. The predicted octanol–water partition coefficient (Wildman–Crippen LogP) is 4.02. The van der Waals surface area contributed by atoms with Gasteiger partial charge < -0.3 is 16.0 Å². The molecule has 0 radical (unpaired) electrons. The van der Waals surface area contributed by atoms with Crippen LogP contribution in [0.3, 0.4) is 0 Å². The maximum absolute atomic E-state index is 12.6. The van der Waals surface area contributed by atoms with Gasteiger partial charge in [0.05, 0.1) is 12.1 Å². The van der Waals surface area contributed by atoms with E-state index in [4.69, 9.17) is 0 Å². The van der Waals surface area contributed by atoms with Crippen molar-refractivity contribution in [1.29, 1.82) is 0 Å². The molecule has 6 heteroatoms. The first-order valence-electron chi connectivity index (χ1n) is 10.3. The van der Waals surface area contributed by atoms with Crippen molar-refractivity contribution in [3.8, 4) is 0 Å². The second-order valence-electron chi connectivity index (χ2n) is 7.35. The van der Waals surface area contributed by atoms with E-state index in [-0.39, 0.29) is 18.4 Å². The van der Waals surface area contributed by atoms with Crippen LogP contribution in [0.1, 0.15) is 33.5 Å². The summed E-state index contributed by atoms with van der Waals surface area (Å²) in [6.07, 6.45) is 9.72. The summed E-state index contributed by atoms with van der Waals surface area (Å²) in [5, 5.41) is 8.88. The number of nitrogens with one attached hydrogen (secondary N) is 3. The monoisotopic (exact) mass is 412 g/mol. The second-order valence-corrected chi connectivity index (χ2v) is 7.35. The Kier molecular flexibility index (Phi) is 6.38. The van der Waals surface area contributed by atoms with Crippen molar-refractivity contribution < 1.29 is 9.59 Å². The fourth-order valence-corrected chi connectivity index (χ4v) is 3.50. The number of aromatic nitrogens is 1. The van der Waals surface area contributed by atoms with Gasteiger partial charge in [-0.05, 0) is 59.9 Å². The Morgan fingerprint density at radius 3 is 2.81 bits per heavy atom. The molecule has 0 aliphatic heterocycles. The Morgan fingerprint density at radius 1 is 1.03 bits per heavy atom. The number of carbonyl (C=O) groups is 2. The number of carbonyl (C=O) groups excluding carboxylic acids is 2. The summed E-state index contributed by atoms with van der Waals surface area (Å²) in [4.78, 5) is 29.1. The maximum atomic E-state index is 12.6. The Bertz CT molecular complexity index is 1110. The van der Waals surface area contributed by atoms with Crippen LogP contribution >= 0.6 is 0 Å². The summed E-state index contributed by atoms with van der Waals surface area (Å²) in [5.74, 6) is -0.390. The number of hydrogen-bond donors (Lipinski definition) is 3. The minimum atomic E-state index is -0.214. The van der Waals surface area contributed by atoms with Crippen molar-refractivity contribution in [3.05, 3.63) is 95.3 Å². The average Bonchev–Trinajstić information content (AvgIpc) is 2.82. The van der Waals surface area contributed by atoms with Crippen LogP contribution in [0.15, 0.2) is 73.1 Å². The van der Waals surface area contributed by atoms with Gasteiger partial charge in [0, 0.05) is 30.3 Å². The van der Waals surface area contributed by atoms with Crippen LogP contribution in [0.25, 0.3) is 6.08 Å². The molecule has 2 amide bonds. The van der Waals surface area contributed by atoms with Gasteiger partial charge in [0.1, 0.15) is 0 Å². The fraction of sp³-hybridized carbons (Fsp3) is 0.160. The van der Waals surface area contributed by atoms with Gasteiger partial charge in [-0.25, -0.2) is 0 Å². The Labute approximate surface area is 181 Å². The lowest BCUT2D eigenvalue weighted by Crippen LogP contribution is -2.26. The minimum Gasteiger partial charge on any atom is -0.376 e. The van der Waals surface area contributed by atoms with E-state index < -0.39 is 0 Å². The lowest BCUT2D eigenvalue weighted by molar-refractivity contribution is -0.114. The van der Waals surface area contributed by atoms with E-state index in [0.717, 1.165) is 29.7 Å². The average molecular weight is 412 g/mol. The van der Waals surface area contributed by atoms with Gasteiger partial charge in [-0.2, -0.15) is 0 Å². The van der Waals surface area contributed by atoms with Crippen molar-refractivity contribution in [2.45, 2.75) is 19.4 Å². The lowest BCUT2D eigenvalue weighted by Gasteiger charge is -2.14. The summed E-state index contributed by atoms with van der Waals surface area (Å²) < 4.78 is 0. The number of hydrogen-bond acceptors (Lipinski definition) is 4. The van der Waals surface area contributed by atoms with Gasteiger partial charge in [-0.15, -0.1) is 0 Å². The molecule has 2 aromatic carbocycles. The number of benzene rings is 2. The summed E-state index contributed by atoms with van der Waals surface area (Å²) in [6.45, 7) is 0.439. The topological polar surface area (TPSA) is 83.1 Å². The molecular formula is C25H24N4O2. The van der Waals surface area contributed by atoms with E-state index in [1.54, 1.807) is 30.6 Å². The molecular weight excluding hydrogens is 388 g/mol. The highest BCUT2D eigenvalue weighted by molar-refractivity contribution is 6.01. The van der Waals surface area contributed by atoms with E-state index in [1.165, 1.54) is 5.56 Å². The van der Waals surface area contributed by atoms with Crippen molar-refractivity contribution in [2.24, 2.45) is 0 Å². The zero-order valence-corrected chi connectivity index (χ0v) is 17.1. The first kappa shape index (κ1) is 20.3. The van der Waals surface area contributed by atoms with Crippen LogP contribution in [0.4, 0.5) is 11.4 Å². The molecule has 0 atom stereocenters. The van der Waals surface area contributed by atoms with Gasteiger partial charge in [-0.1, -0.05) is 36.4 Å². The quantitative estimate of drug-likeness (QED) is 0.547. The summed E-state index contributed by atoms with van der Waals surface area (Å²) in [6, 6.07) is 16.8. The number of amides is 2. The molecule has 1 aromatic heterocycles. The second kappa shape index (κ2) is 9.71. The predicted molar refractivity (Wildman–Crippen MR) is 123 cm³/mol. The third-order valence-electron chi connectivity index (χ3n) is 5.09. The van der Waals surface area contributed by atoms with Crippen molar-refractivity contribution in [2.75, 3.05) is 17.2 Å². The molecule has 6 nitrogen and oxygen atoms in total. The van der Waals surface area contributed by atoms with Crippen molar-refractivity contribution in [3.63, 3.8) is 0 Å². The third-order valence-corrected chi connectivity index (χ3v) is 5.09. The van der Waals surface area contributed by atoms with Crippen molar-refractivity contribution in [1.82, 2.24) is 10.3 Å². The van der Waals surface area contributed by atoms with E-state index in [0.29, 0.717) is 17.8 Å².